The SMILES string of the molecule is N#Cc1c2ccccc2cc2cc(/C=C/c3ccc(N(c4ccccc4)c4ccccc4)cc3)ccc12. The highest BCUT2D eigenvalue weighted by atomic mass is 15.1. The lowest BCUT2D eigenvalue weighted by atomic mass is 9.96. The predicted molar refractivity (Wildman–Crippen MR) is 156 cm³/mol. The smallest absolute Gasteiger partial charge is 0.100 e. The van der Waals surface area contributed by atoms with E-state index in [1.54, 1.807) is 0 Å². The molecule has 174 valence electrons. The van der Waals surface area contributed by atoms with Gasteiger partial charge >= 0.3 is 0 Å². The van der Waals surface area contributed by atoms with Gasteiger partial charge in [0.1, 0.15) is 6.07 Å². The Morgan fingerprint density at radius 2 is 1.03 bits per heavy atom. The fraction of sp³-hybridized carbons (Fsp3) is 0. The van der Waals surface area contributed by atoms with E-state index in [1.807, 2.05) is 30.3 Å². The third kappa shape index (κ3) is 4.47. The summed E-state index contributed by atoms with van der Waals surface area (Å²) in [5.74, 6) is 0. The van der Waals surface area contributed by atoms with Crippen LogP contribution in [0.15, 0.2) is 133 Å². The second-order valence-electron chi connectivity index (χ2n) is 9.00. The molecule has 0 saturated heterocycles. The Labute approximate surface area is 217 Å². The summed E-state index contributed by atoms with van der Waals surface area (Å²) in [6.07, 6.45) is 4.26. The molecular formula is C35H24N2. The van der Waals surface area contributed by atoms with E-state index in [0.29, 0.717) is 0 Å². The van der Waals surface area contributed by atoms with Crippen molar-refractivity contribution in [3.8, 4) is 6.07 Å². The maximum atomic E-state index is 9.79. The number of anilines is 3. The highest BCUT2D eigenvalue weighted by Crippen LogP contribution is 2.34. The Morgan fingerprint density at radius 3 is 1.70 bits per heavy atom. The van der Waals surface area contributed by atoms with Crippen LogP contribution in [-0.2, 0) is 0 Å². The summed E-state index contributed by atoms with van der Waals surface area (Å²) in [5, 5.41) is 14.0. The zero-order chi connectivity index (χ0) is 25.0. The Kier molecular flexibility index (Phi) is 5.95. The summed E-state index contributed by atoms with van der Waals surface area (Å²) in [4.78, 5) is 2.26. The number of benzene rings is 6. The van der Waals surface area contributed by atoms with E-state index in [4.69, 9.17) is 0 Å². The number of fused-ring (bicyclic) bond motifs is 2. The van der Waals surface area contributed by atoms with Gasteiger partial charge in [-0.2, -0.15) is 5.26 Å². The van der Waals surface area contributed by atoms with Crippen LogP contribution in [0.5, 0.6) is 0 Å². The van der Waals surface area contributed by atoms with Gasteiger partial charge in [0.25, 0.3) is 0 Å². The molecule has 0 heterocycles. The van der Waals surface area contributed by atoms with Crippen LogP contribution in [0, 0.1) is 11.3 Å². The van der Waals surface area contributed by atoms with Crippen LogP contribution in [-0.4, -0.2) is 0 Å². The molecule has 0 atom stereocenters. The molecule has 0 amide bonds. The predicted octanol–water partition coefficient (Wildman–Crippen LogP) is 9.50. The summed E-state index contributed by atoms with van der Waals surface area (Å²) in [7, 11) is 0. The van der Waals surface area contributed by atoms with Gasteiger partial charge in [0.05, 0.1) is 5.56 Å². The van der Waals surface area contributed by atoms with Crippen LogP contribution >= 0.6 is 0 Å². The van der Waals surface area contributed by atoms with Crippen molar-refractivity contribution in [2.24, 2.45) is 0 Å². The van der Waals surface area contributed by atoms with Gasteiger partial charge in [-0.15, -0.1) is 0 Å². The summed E-state index contributed by atoms with van der Waals surface area (Å²) in [5.41, 5.74) is 6.32. The molecule has 0 aliphatic carbocycles. The van der Waals surface area contributed by atoms with E-state index in [1.165, 1.54) is 0 Å². The highest BCUT2D eigenvalue weighted by molar-refractivity contribution is 6.05. The van der Waals surface area contributed by atoms with Crippen molar-refractivity contribution >= 4 is 50.8 Å². The number of nitrogens with zero attached hydrogens (tertiary/aromatic N) is 2. The third-order valence-corrected chi connectivity index (χ3v) is 6.65. The molecule has 0 saturated carbocycles. The molecule has 2 heteroatoms. The molecule has 37 heavy (non-hydrogen) atoms. The lowest BCUT2D eigenvalue weighted by Gasteiger charge is -2.25. The van der Waals surface area contributed by atoms with Crippen molar-refractivity contribution in [2.75, 3.05) is 4.90 Å². The van der Waals surface area contributed by atoms with Gasteiger partial charge in [0.2, 0.25) is 0 Å². The van der Waals surface area contributed by atoms with Crippen molar-refractivity contribution < 1.29 is 0 Å². The monoisotopic (exact) mass is 472 g/mol. The van der Waals surface area contributed by atoms with Gasteiger partial charge in [-0.3, -0.25) is 0 Å². The standard InChI is InChI=1S/C35H24N2/c36-25-35-33-14-8-7-9-28(33)24-29-23-27(19-22-34(29)35)16-15-26-17-20-32(21-18-26)37(30-10-3-1-4-11-30)31-12-5-2-6-13-31/h1-24H/b16-15+. The first kappa shape index (κ1) is 22.3. The van der Waals surface area contributed by atoms with E-state index < -0.39 is 0 Å². The normalized spacial score (nSPS) is 11.1. The molecule has 0 aliphatic rings. The molecule has 0 bridgehead atoms. The van der Waals surface area contributed by atoms with E-state index in [0.717, 1.165) is 55.3 Å². The number of hydrogen-bond acceptors (Lipinski definition) is 2. The lowest BCUT2D eigenvalue weighted by Crippen LogP contribution is -2.09. The maximum Gasteiger partial charge on any atom is 0.100 e. The van der Waals surface area contributed by atoms with Crippen molar-refractivity contribution in [1.29, 1.82) is 5.26 Å². The third-order valence-electron chi connectivity index (χ3n) is 6.65. The fourth-order valence-corrected chi connectivity index (χ4v) is 4.84. The molecule has 0 unspecified atom stereocenters. The number of nitriles is 1. The fourth-order valence-electron chi connectivity index (χ4n) is 4.84. The molecule has 0 fully saturated rings. The van der Waals surface area contributed by atoms with Crippen molar-refractivity contribution in [3.63, 3.8) is 0 Å². The Morgan fingerprint density at radius 1 is 0.486 bits per heavy atom. The number of hydrogen-bond donors (Lipinski definition) is 0. The average Bonchev–Trinajstić information content (AvgIpc) is 2.96. The van der Waals surface area contributed by atoms with Crippen LogP contribution in [0.4, 0.5) is 17.1 Å². The molecule has 6 rings (SSSR count). The molecular weight excluding hydrogens is 448 g/mol. The first-order chi connectivity index (χ1) is 18.3. The largest absolute Gasteiger partial charge is 0.311 e. The second kappa shape index (κ2) is 9.85. The summed E-state index contributed by atoms with van der Waals surface area (Å²) in [6, 6.07) is 48.4. The lowest BCUT2D eigenvalue weighted by molar-refractivity contribution is 1.28. The van der Waals surface area contributed by atoms with E-state index in [-0.39, 0.29) is 0 Å². The van der Waals surface area contributed by atoms with Gasteiger partial charge in [-0.25, -0.2) is 0 Å². The highest BCUT2D eigenvalue weighted by Gasteiger charge is 2.11. The molecule has 0 spiro atoms. The van der Waals surface area contributed by atoms with Gasteiger partial charge < -0.3 is 4.90 Å². The maximum absolute atomic E-state index is 9.79. The molecule has 6 aromatic rings. The zero-order valence-electron chi connectivity index (χ0n) is 20.3. The molecule has 0 aliphatic heterocycles. The number of para-hydroxylation sites is 2. The van der Waals surface area contributed by atoms with Gasteiger partial charge in [-0.1, -0.05) is 97.1 Å². The Hall–Kier alpha value is -5.13. The van der Waals surface area contributed by atoms with Crippen LogP contribution < -0.4 is 4.90 Å². The average molecular weight is 473 g/mol. The van der Waals surface area contributed by atoms with E-state index >= 15 is 0 Å². The topological polar surface area (TPSA) is 27.0 Å². The second-order valence-corrected chi connectivity index (χ2v) is 9.00. The van der Waals surface area contributed by atoms with Crippen molar-refractivity contribution in [2.45, 2.75) is 0 Å². The molecule has 2 nitrogen and oxygen atoms in total. The van der Waals surface area contributed by atoms with Crippen molar-refractivity contribution in [1.82, 2.24) is 0 Å². The molecule has 0 N–H and O–H groups in total. The van der Waals surface area contributed by atoms with Gasteiger partial charge in [0.15, 0.2) is 0 Å². The Bertz CT molecular complexity index is 1720. The van der Waals surface area contributed by atoms with Gasteiger partial charge in [0, 0.05) is 27.8 Å². The number of rotatable bonds is 5. The minimum absolute atomic E-state index is 0.737. The van der Waals surface area contributed by atoms with Crippen LogP contribution in [0.1, 0.15) is 16.7 Å². The first-order valence-electron chi connectivity index (χ1n) is 12.3. The molecule has 6 aromatic carbocycles. The summed E-state index contributed by atoms with van der Waals surface area (Å²) < 4.78 is 0. The Balaban J connectivity index is 1.31. The zero-order valence-corrected chi connectivity index (χ0v) is 20.3. The molecule has 0 aromatic heterocycles. The van der Waals surface area contributed by atoms with Crippen LogP contribution in [0.3, 0.4) is 0 Å². The summed E-state index contributed by atoms with van der Waals surface area (Å²) in [6.45, 7) is 0. The molecule has 0 radical (unpaired) electrons. The van der Waals surface area contributed by atoms with Crippen LogP contribution in [0.2, 0.25) is 0 Å². The minimum atomic E-state index is 0.737. The van der Waals surface area contributed by atoms with E-state index in [9.17, 15) is 5.26 Å². The van der Waals surface area contributed by atoms with Crippen LogP contribution in [0.25, 0.3) is 33.7 Å². The minimum Gasteiger partial charge on any atom is -0.311 e. The first-order valence-corrected chi connectivity index (χ1v) is 12.3. The van der Waals surface area contributed by atoms with E-state index in [2.05, 4.69) is 126 Å². The van der Waals surface area contributed by atoms with Gasteiger partial charge in [-0.05, 0) is 70.4 Å². The quantitative estimate of drug-likeness (QED) is 0.184. The summed E-state index contributed by atoms with van der Waals surface area (Å²) >= 11 is 0. The van der Waals surface area contributed by atoms with Crippen molar-refractivity contribution in [3.05, 3.63) is 150 Å².